The van der Waals surface area contributed by atoms with E-state index >= 15 is 0 Å². The molecule has 1 aliphatic rings. The van der Waals surface area contributed by atoms with E-state index in [0.29, 0.717) is 0 Å². The van der Waals surface area contributed by atoms with Gasteiger partial charge in [-0.15, -0.1) is 0 Å². The van der Waals surface area contributed by atoms with E-state index in [-0.39, 0.29) is 56.0 Å². The van der Waals surface area contributed by atoms with Crippen molar-refractivity contribution in [3.63, 3.8) is 0 Å². The second kappa shape index (κ2) is 15.5. The van der Waals surface area contributed by atoms with E-state index in [1.165, 1.54) is 0 Å². The molecule has 5 atom stereocenters. The Hall–Kier alpha value is -2.28. The van der Waals surface area contributed by atoms with Gasteiger partial charge in [-0.2, -0.15) is 0 Å². The first-order chi connectivity index (χ1) is 18.5. The molecule has 0 spiro atoms. The molecule has 3 unspecified atom stereocenters. The molecule has 12 heteroatoms. The van der Waals surface area contributed by atoms with Gasteiger partial charge in [0, 0.05) is 4.91 Å². The minimum Gasteiger partial charge on any atom is -0.748 e. The molecule has 1 fully saturated rings. The van der Waals surface area contributed by atoms with Crippen LogP contribution >= 0.6 is 0 Å². The Morgan fingerprint density at radius 3 is 1.72 bits per heavy atom. The van der Waals surface area contributed by atoms with Gasteiger partial charge in [-0.1, -0.05) is 96.1 Å². The van der Waals surface area contributed by atoms with Crippen LogP contribution in [0.4, 0.5) is 0 Å². The van der Waals surface area contributed by atoms with Gasteiger partial charge in [0.05, 0.1) is 26.4 Å². The van der Waals surface area contributed by atoms with E-state index < -0.39 is 39.9 Å². The number of hydrogen-bond acceptors (Lipinski definition) is 8. The predicted molar refractivity (Wildman–Crippen MR) is 137 cm³/mol. The molecule has 39 heavy (non-hydrogen) atoms. The first-order valence-corrected chi connectivity index (χ1v) is 13.5. The van der Waals surface area contributed by atoms with Crippen molar-refractivity contribution in [2.75, 3.05) is 6.61 Å². The molecule has 200 valence electrons. The van der Waals surface area contributed by atoms with E-state index in [1.54, 1.807) is 0 Å². The van der Waals surface area contributed by atoms with Gasteiger partial charge in [0.25, 0.3) is 0 Å². The van der Waals surface area contributed by atoms with Gasteiger partial charge in [0.2, 0.25) is 0 Å². The summed E-state index contributed by atoms with van der Waals surface area (Å²) in [5.41, 5.74) is 11.6. The molecule has 0 saturated carbocycles. The van der Waals surface area contributed by atoms with Crippen molar-refractivity contribution >= 4 is 10.1 Å². The number of benzene rings is 3. The van der Waals surface area contributed by atoms with Crippen molar-refractivity contribution in [1.29, 1.82) is 0 Å². The largest absolute Gasteiger partial charge is 1.00 e. The molecule has 0 bridgehead atoms. The summed E-state index contributed by atoms with van der Waals surface area (Å²) in [5.74, 6) is 0. The van der Waals surface area contributed by atoms with Gasteiger partial charge in [-0.25, -0.2) is 8.42 Å². The topological polar surface area (TPSA) is 143 Å². The fourth-order valence-corrected chi connectivity index (χ4v) is 5.24. The van der Waals surface area contributed by atoms with Crippen molar-refractivity contribution in [2.45, 2.75) is 49.6 Å². The van der Waals surface area contributed by atoms with Gasteiger partial charge < -0.3 is 23.5 Å². The smallest absolute Gasteiger partial charge is 0.748 e. The third-order valence-electron chi connectivity index (χ3n) is 6.07. The molecule has 1 saturated heterocycles. The molecular formula is C27H28N3NaO7S. The number of nitrogens with zero attached hydrogens (tertiary/aromatic N) is 3. The van der Waals surface area contributed by atoms with Crippen LogP contribution in [0.25, 0.3) is 10.4 Å². The molecule has 0 amide bonds. The van der Waals surface area contributed by atoms with E-state index in [2.05, 4.69) is 10.0 Å². The molecule has 10 nitrogen and oxygen atoms in total. The van der Waals surface area contributed by atoms with Gasteiger partial charge in [-0.3, -0.25) is 0 Å². The Morgan fingerprint density at radius 2 is 1.26 bits per heavy atom. The van der Waals surface area contributed by atoms with Crippen LogP contribution in [0.3, 0.4) is 0 Å². The van der Waals surface area contributed by atoms with Gasteiger partial charge in [0.15, 0.2) is 6.23 Å². The van der Waals surface area contributed by atoms with Crippen molar-refractivity contribution in [2.24, 2.45) is 5.11 Å². The van der Waals surface area contributed by atoms with Crippen LogP contribution in [-0.4, -0.2) is 49.4 Å². The van der Waals surface area contributed by atoms with E-state index in [0.717, 1.165) is 16.7 Å². The van der Waals surface area contributed by atoms with Crippen molar-refractivity contribution in [3.8, 4) is 0 Å². The van der Waals surface area contributed by atoms with Crippen LogP contribution in [0, 0.1) is 0 Å². The summed E-state index contributed by atoms with van der Waals surface area (Å²) in [6.07, 6.45) is -4.83. The summed E-state index contributed by atoms with van der Waals surface area (Å²) in [7, 11) is -5.04. The fourth-order valence-electron chi connectivity index (χ4n) is 4.27. The minimum absolute atomic E-state index is 0. The number of rotatable bonds is 12. The zero-order valence-corrected chi connectivity index (χ0v) is 24.3. The summed E-state index contributed by atoms with van der Waals surface area (Å²) in [5, 5.41) is 1.67. The predicted octanol–water partition coefficient (Wildman–Crippen LogP) is 1.33. The summed E-state index contributed by atoms with van der Waals surface area (Å²) < 4.78 is 61.3. The van der Waals surface area contributed by atoms with Gasteiger partial charge in [0.1, 0.15) is 33.7 Å². The summed E-state index contributed by atoms with van der Waals surface area (Å²) in [6.45, 7) is 0.343. The zero-order chi connectivity index (χ0) is 26.8. The average molecular weight is 562 g/mol. The Labute approximate surface area is 249 Å². The van der Waals surface area contributed by atoms with Gasteiger partial charge in [-0.05, 0) is 22.2 Å². The maximum Gasteiger partial charge on any atom is 1.00 e. The molecule has 4 rings (SSSR count). The fraction of sp³-hybridized carbons (Fsp3) is 0.333. The van der Waals surface area contributed by atoms with Crippen LogP contribution in [0.1, 0.15) is 16.7 Å². The van der Waals surface area contributed by atoms with E-state index in [4.69, 9.17) is 24.5 Å². The van der Waals surface area contributed by atoms with Crippen molar-refractivity contribution < 1.29 is 61.5 Å². The number of ether oxygens (including phenoxy) is 4. The standard InChI is InChI=1S/C27H29N3O7S.Na/c28-30-29-27-26(38(31,32)33)25(36-18-22-14-8-3-9-15-22)24(35-17-21-12-6-2-7-13-21)23(37-27)19-34-16-20-10-4-1-5-11-20;/h1-15,23-27H,16-19H2,(H,31,32,33);/q;+1/p-1/t23?,24-,25?,26?,27-;/m1./s1. The van der Waals surface area contributed by atoms with Crippen LogP contribution < -0.4 is 29.6 Å². The third kappa shape index (κ3) is 9.12. The molecule has 1 heterocycles. The molecule has 1 aliphatic heterocycles. The molecule has 0 aromatic heterocycles. The van der Waals surface area contributed by atoms with Crippen LogP contribution in [0.2, 0.25) is 0 Å². The maximum absolute atomic E-state index is 12.4. The van der Waals surface area contributed by atoms with Crippen LogP contribution in [0.5, 0.6) is 0 Å². The Balaban J connectivity index is 0.00000420. The first-order valence-electron chi connectivity index (χ1n) is 12.0. The molecule has 0 radical (unpaired) electrons. The van der Waals surface area contributed by atoms with Crippen LogP contribution in [0.15, 0.2) is 96.1 Å². The molecule has 3 aromatic carbocycles. The minimum atomic E-state index is -5.04. The number of azide groups is 1. The summed E-state index contributed by atoms with van der Waals surface area (Å²) in [6, 6.07) is 27.8. The first kappa shape index (κ1) is 31.3. The van der Waals surface area contributed by atoms with Crippen LogP contribution in [-0.2, 0) is 48.9 Å². The normalized spacial score (nSPS) is 22.8. The zero-order valence-electron chi connectivity index (χ0n) is 21.5. The quantitative estimate of drug-likeness (QED) is 0.107. The average Bonchev–Trinajstić information content (AvgIpc) is 2.92. The van der Waals surface area contributed by atoms with Crippen molar-refractivity contribution in [1.82, 2.24) is 0 Å². The molecular weight excluding hydrogens is 533 g/mol. The monoisotopic (exact) mass is 561 g/mol. The Kier molecular flexibility index (Phi) is 12.4. The SMILES string of the molecule is [N-]=[N+]=N[C@@H]1OC(COCc2ccccc2)[C@@H](OCc2ccccc2)C(OCc2ccccc2)C1S(=O)(=O)[O-].[Na+]. The third-order valence-corrected chi connectivity index (χ3v) is 7.24. The molecule has 0 N–H and O–H groups in total. The second-order valence-corrected chi connectivity index (χ2v) is 10.3. The summed E-state index contributed by atoms with van der Waals surface area (Å²) in [4.78, 5) is 2.72. The Morgan fingerprint density at radius 1 is 0.795 bits per heavy atom. The molecule has 3 aromatic rings. The Bertz CT molecular complexity index is 1300. The van der Waals surface area contributed by atoms with Crippen molar-refractivity contribution in [3.05, 3.63) is 118 Å². The van der Waals surface area contributed by atoms with Gasteiger partial charge >= 0.3 is 29.6 Å². The maximum atomic E-state index is 12.4. The number of hydrogen-bond donors (Lipinski definition) is 0. The molecule has 0 aliphatic carbocycles. The second-order valence-electron chi connectivity index (χ2n) is 8.75. The van der Waals surface area contributed by atoms with E-state index in [1.807, 2.05) is 91.0 Å². The van der Waals surface area contributed by atoms with E-state index in [9.17, 15) is 13.0 Å². The summed E-state index contributed by atoms with van der Waals surface area (Å²) >= 11 is 0.